The highest BCUT2D eigenvalue weighted by Gasteiger charge is 2.19. The molecule has 0 unspecified atom stereocenters. The molecule has 0 radical (unpaired) electrons. The van der Waals surface area contributed by atoms with Crippen LogP contribution in [0.3, 0.4) is 0 Å². The average molecular weight is 218 g/mol. The molecule has 0 fully saturated rings. The lowest BCUT2D eigenvalue weighted by atomic mass is 10.1. The molecule has 0 heterocycles. The van der Waals surface area contributed by atoms with Crippen molar-refractivity contribution in [3.05, 3.63) is 29.1 Å². The van der Waals surface area contributed by atoms with E-state index in [1.54, 1.807) is 0 Å². The molecule has 0 aliphatic carbocycles. The number of halogens is 3. The summed E-state index contributed by atoms with van der Waals surface area (Å²) in [5, 5.41) is 0. The fourth-order valence-electron chi connectivity index (χ4n) is 1.23. The van der Waals surface area contributed by atoms with E-state index in [4.69, 9.17) is 0 Å². The second-order valence-electron chi connectivity index (χ2n) is 2.94. The molecule has 2 nitrogen and oxygen atoms in total. The van der Waals surface area contributed by atoms with Gasteiger partial charge in [0.25, 0.3) is 6.43 Å². The number of methoxy groups -OCH3 is 1. The van der Waals surface area contributed by atoms with Gasteiger partial charge in [-0.15, -0.1) is 0 Å². The smallest absolute Gasteiger partial charge is 0.264 e. The lowest BCUT2D eigenvalue weighted by molar-refractivity contribution is 0.100. The predicted molar refractivity (Wildman–Crippen MR) is 47.9 cm³/mol. The number of rotatable bonds is 3. The molecule has 0 saturated heterocycles. The molecule has 5 heteroatoms. The molecule has 0 amide bonds. The summed E-state index contributed by atoms with van der Waals surface area (Å²) in [5.74, 6) is -1.72. The molecule has 0 spiro atoms. The molecule has 1 aromatic rings. The van der Waals surface area contributed by atoms with E-state index in [1.165, 1.54) is 7.11 Å². The summed E-state index contributed by atoms with van der Waals surface area (Å²) in [6.07, 6.45) is -2.80. The number of Topliss-reactive ketones (excluding diaryl/α,β-unsaturated/α-hetero) is 1. The van der Waals surface area contributed by atoms with E-state index in [0.717, 1.165) is 13.0 Å². The topological polar surface area (TPSA) is 26.3 Å². The van der Waals surface area contributed by atoms with Gasteiger partial charge < -0.3 is 4.74 Å². The van der Waals surface area contributed by atoms with Gasteiger partial charge in [0.1, 0.15) is 11.6 Å². The van der Waals surface area contributed by atoms with Gasteiger partial charge in [-0.1, -0.05) is 0 Å². The van der Waals surface area contributed by atoms with Crippen molar-refractivity contribution < 1.29 is 22.7 Å². The van der Waals surface area contributed by atoms with Gasteiger partial charge in [0.2, 0.25) is 0 Å². The van der Waals surface area contributed by atoms with Crippen molar-refractivity contribution in [3.63, 3.8) is 0 Å². The van der Waals surface area contributed by atoms with E-state index < -0.39 is 23.6 Å². The summed E-state index contributed by atoms with van der Waals surface area (Å²) in [7, 11) is 1.19. The summed E-state index contributed by atoms with van der Waals surface area (Å²) >= 11 is 0. The Bertz CT molecular complexity index is 388. The number of alkyl halides is 2. The third kappa shape index (κ3) is 2.29. The van der Waals surface area contributed by atoms with E-state index >= 15 is 0 Å². The van der Waals surface area contributed by atoms with Gasteiger partial charge >= 0.3 is 0 Å². The maximum absolute atomic E-state index is 13.3. The van der Waals surface area contributed by atoms with Crippen LogP contribution in [0.4, 0.5) is 13.2 Å². The van der Waals surface area contributed by atoms with Crippen molar-refractivity contribution in [2.45, 2.75) is 13.3 Å². The minimum Gasteiger partial charge on any atom is -0.496 e. The maximum atomic E-state index is 13.3. The Balaban J connectivity index is 3.37. The van der Waals surface area contributed by atoms with Crippen LogP contribution in [-0.2, 0) is 0 Å². The minimum atomic E-state index is -2.80. The summed E-state index contributed by atoms with van der Waals surface area (Å²) in [5.41, 5.74) is -0.809. The summed E-state index contributed by atoms with van der Waals surface area (Å²) < 4.78 is 42.5. The van der Waals surface area contributed by atoms with E-state index in [-0.39, 0.29) is 11.3 Å². The van der Waals surface area contributed by atoms with Crippen LogP contribution < -0.4 is 4.74 Å². The van der Waals surface area contributed by atoms with Gasteiger partial charge in [-0.3, -0.25) is 4.79 Å². The van der Waals surface area contributed by atoms with E-state index in [1.807, 2.05) is 0 Å². The van der Waals surface area contributed by atoms with E-state index in [2.05, 4.69) is 4.74 Å². The van der Waals surface area contributed by atoms with Crippen molar-refractivity contribution in [3.8, 4) is 5.75 Å². The van der Waals surface area contributed by atoms with Crippen LogP contribution in [-0.4, -0.2) is 12.9 Å². The molecule has 1 rings (SSSR count). The van der Waals surface area contributed by atoms with E-state index in [9.17, 15) is 18.0 Å². The van der Waals surface area contributed by atoms with Crippen molar-refractivity contribution in [1.82, 2.24) is 0 Å². The third-order valence-corrected chi connectivity index (χ3v) is 1.90. The number of carbonyl (C=O) groups is 1. The van der Waals surface area contributed by atoms with Gasteiger partial charge in [-0.25, -0.2) is 13.2 Å². The molecular weight excluding hydrogens is 209 g/mol. The van der Waals surface area contributed by atoms with Gasteiger partial charge in [-0.2, -0.15) is 0 Å². The number of benzene rings is 1. The minimum absolute atomic E-state index is 0.169. The molecule has 0 N–H and O–H groups in total. The molecule has 0 aromatic heterocycles. The molecule has 15 heavy (non-hydrogen) atoms. The lowest BCUT2D eigenvalue weighted by Crippen LogP contribution is -2.03. The second-order valence-corrected chi connectivity index (χ2v) is 2.94. The molecule has 1 aromatic carbocycles. The van der Waals surface area contributed by atoms with Gasteiger partial charge in [0.15, 0.2) is 5.78 Å². The fraction of sp³-hybridized carbons (Fsp3) is 0.300. The first-order valence-electron chi connectivity index (χ1n) is 4.14. The fourth-order valence-corrected chi connectivity index (χ4v) is 1.23. The van der Waals surface area contributed by atoms with Crippen molar-refractivity contribution in [2.24, 2.45) is 0 Å². The van der Waals surface area contributed by atoms with Crippen LogP contribution in [0.5, 0.6) is 5.75 Å². The summed E-state index contributed by atoms with van der Waals surface area (Å²) in [6.45, 7) is 1.14. The maximum Gasteiger partial charge on any atom is 0.264 e. The first kappa shape index (κ1) is 11.6. The quantitative estimate of drug-likeness (QED) is 0.729. The Hall–Kier alpha value is -1.52. The number of hydrogen-bond acceptors (Lipinski definition) is 2. The second kappa shape index (κ2) is 4.33. The van der Waals surface area contributed by atoms with Gasteiger partial charge in [0, 0.05) is 5.56 Å². The molecule has 0 bridgehead atoms. The zero-order valence-electron chi connectivity index (χ0n) is 8.18. The van der Waals surface area contributed by atoms with Crippen molar-refractivity contribution in [1.29, 1.82) is 0 Å². The first-order valence-corrected chi connectivity index (χ1v) is 4.14. The Kier molecular flexibility index (Phi) is 3.34. The largest absolute Gasteiger partial charge is 0.496 e. The Morgan fingerprint density at radius 2 is 2.00 bits per heavy atom. The summed E-state index contributed by atoms with van der Waals surface area (Å²) in [4.78, 5) is 11.0. The van der Waals surface area contributed by atoms with Crippen LogP contribution in [0.2, 0.25) is 0 Å². The molecule has 0 atom stereocenters. The highest BCUT2D eigenvalue weighted by Crippen LogP contribution is 2.29. The highest BCUT2D eigenvalue weighted by molar-refractivity contribution is 5.97. The van der Waals surface area contributed by atoms with Crippen LogP contribution in [0.25, 0.3) is 0 Å². The van der Waals surface area contributed by atoms with Crippen molar-refractivity contribution >= 4 is 5.78 Å². The number of hydrogen-bond donors (Lipinski definition) is 0. The monoisotopic (exact) mass is 218 g/mol. The first-order chi connectivity index (χ1) is 6.97. The molecule has 0 aliphatic rings. The number of ketones is 1. The number of carbonyl (C=O) groups excluding carboxylic acids is 1. The zero-order valence-corrected chi connectivity index (χ0v) is 8.18. The SMILES string of the molecule is COc1cc(C(F)F)cc(F)c1C(C)=O. The zero-order chi connectivity index (χ0) is 11.6. The Morgan fingerprint density at radius 3 is 2.40 bits per heavy atom. The molecule has 0 saturated carbocycles. The van der Waals surface area contributed by atoms with Crippen molar-refractivity contribution in [2.75, 3.05) is 7.11 Å². The number of ether oxygens (including phenoxy) is 1. The van der Waals surface area contributed by atoms with Crippen LogP contribution in [0.15, 0.2) is 12.1 Å². The standard InChI is InChI=1S/C10H9F3O2/c1-5(14)9-7(11)3-6(10(12)13)4-8(9)15-2/h3-4,10H,1-2H3. The van der Waals surface area contributed by atoms with Crippen LogP contribution >= 0.6 is 0 Å². The molecule has 82 valence electrons. The summed E-state index contributed by atoms with van der Waals surface area (Å²) in [6, 6.07) is 1.61. The Labute approximate surface area is 84.7 Å². The normalized spacial score (nSPS) is 10.5. The highest BCUT2D eigenvalue weighted by atomic mass is 19.3. The Morgan fingerprint density at radius 1 is 1.40 bits per heavy atom. The van der Waals surface area contributed by atoms with Gasteiger partial charge in [0.05, 0.1) is 12.7 Å². The van der Waals surface area contributed by atoms with Crippen LogP contribution in [0.1, 0.15) is 29.3 Å². The average Bonchev–Trinajstić information content (AvgIpc) is 2.15. The van der Waals surface area contributed by atoms with Gasteiger partial charge in [-0.05, 0) is 19.1 Å². The molecule has 0 aliphatic heterocycles. The molecular formula is C10H9F3O2. The van der Waals surface area contributed by atoms with Crippen LogP contribution in [0, 0.1) is 5.82 Å². The predicted octanol–water partition coefficient (Wildman–Crippen LogP) is 2.97. The van der Waals surface area contributed by atoms with E-state index in [0.29, 0.717) is 6.07 Å². The lowest BCUT2D eigenvalue weighted by Gasteiger charge is -2.09. The third-order valence-electron chi connectivity index (χ3n) is 1.90.